The van der Waals surface area contributed by atoms with Crippen LogP contribution in [0.3, 0.4) is 0 Å². The first-order chi connectivity index (χ1) is 16.7. The molecule has 0 spiro atoms. The Labute approximate surface area is 206 Å². The van der Waals surface area contributed by atoms with Crippen molar-refractivity contribution in [3.8, 4) is 0 Å². The van der Waals surface area contributed by atoms with Crippen LogP contribution in [0.4, 0.5) is 17.3 Å². The van der Waals surface area contributed by atoms with Crippen molar-refractivity contribution in [2.45, 2.75) is 4.90 Å². The molecule has 2 nitrogen and oxygen atoms in total. The van der Waals surface area contributed by atoms with Gasteiger partial charge in [0.25, 0.3) is 0 Å². The Bertz CT molecular complexity index is 1290. The molecule has 0 bridgehead atoms. The molecule has 0 unspecified atom stereocenters. The van der Waals surface area contributed by atoms with Gasteiger partial charge in [0.2, 0.25) is 0 Å². The molecule has 0 aromatic heterocycles. The minimum atomic E-state index is -6.00. The second kappa shape index (κ2) is 12.0. The Balaban J connectivity index is 0.000000623. The molecule has 35 heavy (non-hydrogen) atoms. The third-order valence-electron chi connectivity index (χ3n) is 4.62. The first-order valence-corrected chi connectivity index (χ1v) is 14.6. The van der Waals surface area contributed by atoms with Crippen LogP contribution in [0.5, 0.6) is 0 Å². The Morgan fingerprint density at radius 3 is 1.34 bits per heavy atom. The average molecular weight is 563 g/mol. The van der Waals surface area contributed by atoms with Crippen LogP contribution < -0.4 is 8.92 Å². The number of hydrogen-bond acceptors (Lipinski definition) is 2. The van der Waals surface area contributed by atoms with E-state index in [0.29, 0.717) is 15.4 Å². The van der Waals surface area contributed by atoms with E-state index in [1.165, 1.54) is 8.92 Å². The third-order valence-corrected chi connectivity index (χ3v) is 11.0. The predicted octanol–water partition coefficient (Wildman–Crippen LogP) is 5.65. The van der Waals surface area contributed by atoms with Crippen LogP contribution in [0.2, 0.25) is 0 Å². The van der Waals surface area contributed by atoms with E-state index in [1.54, 1.807) is 24.3 Å². The van der Waals surface area contributed by atoms with Gasteiger partial charge >= 0.3 is 190 Å². The van der Waals surface area contributed by atoms with Crippen LogP contribution in [0, 0.1) is 0 Å². The standard InChI is InChI=1S/C26H21O2SSe.BF4/c27-29(28,23-15-7-2-8-16-23)26(22-13-5-1-6-14-22)21-30(24-17-9-3-10-18-24)25-19-11-4-12-20-25;2-1(3,4)5/h1-21H;/q+1;-1/b26-21-;. The summed E-state index contributed by atoms with van der Waals surface area (Å²) >= 11 is -1.77. The Morgan fingerprint density at radius 2 is 0.943 bits per heavy atom. The molecule has 0 atom stereocenters. The summed E-state index contributed by atoms with van der Waals surface area (Å²) in [6.45, 7) is 0. The van der Waals surface area contributed by atoms with Gasteiger partial charge in [-0.25, -0.2) is 0 Å². The zero-order valence-corrected chi connectivity index (χ0v) is 20.9. The van der Waals surface area contributed by atoms with Crippen LogP contribution in [-0.2, 0) is 9.84 Å². The van der Waals surface area contributed by atoms with Crippen molar-refractivity contribution in [1.82, 2.24) is 0 Å². The molecular weight excluding hydrogens is 542 g/mol. The second-order valence-corrected chi connectivity index (χ2v) is 12.9. The Kier molecular flexibility index (Phi) is 9.10. The molecule has 0 saturated heterocycles. The molecule has 0 N–H and O–H groups in total. The number of rotatable bonds is 6. The van der Waals surface area contributed by atoms with Gasteiger partial charge in [0, 0.05) is 0 Å². The molecule has 0 saturated carbocycles. The van der Waals surface area contributed by atoms with Gasteiger partial charge in [-0.05, 0) is 0 Å². The number of benzene rings is 4. The fraction of sp³-hybridized carbons (Fsp3) is 0. The SMILES string of the molecule is F[B-](F)(F)F.O=S(=O)(/C(=C\[Se+](c1ccccc1)c1ccccc1)c1ccccc1)c1ccccc1. The average Bonchev–Trinajstić information content (AvgIpc) is 2.86. The van der Waals surface area contributed by atoms with Gasteiger partial charge in [-0.2, -0.15) is 0 Å². The zero-order valence-electron chi connectivity index (χ0n) is 18.3. The fourth-order valence-electron chi connectivity index (χ4n) is 3.13. The summed E-state index contributed by atoms with van der Waals surface area (Å²) < 4.78 is 68.7. The van der Waals surface area contributed by atoms with Crippen LogP contribution >= 0.6 is 0 Å². The summed E-state index contributed by atoms with van der Waals surface area (Å²) in [6, 6.07) is 38.4. The van der Waals surface area contributed by atoms with Crippen LogP contribution in [0.25, 0.3) is 4.91 Å². The topological polar surface area (TPSA) is 34.1 Å². The van der Waals surface area contributed by atoms with Crippen molar-refractivity contribution >= 4 is 44.8 Å². The number of sulfone groups is 1. The van der Waals surface area contributed by atoms with E-state index in [4.69, 9.17) is 0 Å². The van der Waals surface area contributed by atoms with Crippen LogP contribution in [0.1, 0.15) is 5.56 Å². The van der Waals surface area contributed by atoms with Crippen molar-refractivity contribution < 1.29 is 25.7 Å². The summed E-state index contributed by atoms with van der Waals surface area (Å²) in [6.07, 6.45) is 0. The van der Waals surface area contributed by atoms with Crippen molar-refractivity contribution in [1.29, 1.82) is 0 Å². The van der Waals surface area contributed by atoms with Crippen molar-refractivity contribution in [3.05, 3.63) is 132 Å². The maximum atomic E-state index is 13.7. The van der Waals surface area contributed by atoms with Gasteiger partial charge in [0.05, 0.1) is 0 Å². The van der Waals surface area contributed by atoms with Gasteiger partial charge in [-0.3, -0.25) is 0 Å². The number of halogens is 4. The van der Waals surface area contributed by atoms with Gasteiger partial charge in [0.15, 0.2) is 0 Å². The molecule has 4 aromatic carbocycles. The summed E-state index contributed by atoms with van der Waals surface area (Å²) in [7, 11) is -9.67. The predicted molar refractivity (Wildman–Crippen MR) is 136 cm³/mol. The summed E-state index contributed by atoms with van der Waals surface area (Å²) in [5.74, 6) is 0. The zero-order chi connectivity index (χ0) is 25.3. The van der Waals surface area contributed by atoms with Gasteiger partial charge < -0.3 is 17.3 Å². The van der Waals surface area contributed by atoms with E-state index in [1.807, 2.05) is 77.8 Å². The first-order valence-electron chi connectivity index (χ1n) is 10.4. The molecule has 4 rings (SSSR count). The Hall–Kier alpha value is -3.13. The second-order valence-electron chi connectivity index (χ2n) is 7.12. The molecular formula is C26H21BF4O2SSe. The summed E-state index contributed by atoms with van der Waals surface area (Å²) in [5.41, 5.74) is 0.710. The van der Waals surface area contributed by atoms with E-state index in [9.17, 15) is 25.7 Å². The molecule has 0 aliphatic heterocycles. The molecule has 0 aliphatic carbocycles. The van der Waals surface area contributed by atoms with Crippen molar-refractivity contribution in [2.24, 2.45) is 0 Å². The molecule has 180 valence electrons. The van der Waals surface area contributed by atoms with Gasteiger partial charge in [-0.1, -0.05) is 0 Å². The van der Waals surface area contributed by atoms with Gasteiger partial charge in [0.1, 0.15) is 0 Å². The maximum absolute atomic E-state index is 13.7. The molecule has 0 heterocycles. The van der Waals surface area contributed by atoms with E-state index in [2.05, 4.69) is 24.3 Å². The number of hydrogen-bond donors (Lipinski definition) is 0. The quantitative estimate of drug-likeness (QED) is 0.225. The Morgan fingerprint density at radius 1 is 0.600 bits per heavy atom. The molecule has 0 radical (unpaired) electrons. The normalized spacial score (nSPS) is 12.1. The first kappa shape index (κ1) is 26.5. The van der Waals surface area contributed by atoms with Crippen LogP contribution in [0.15, 0.2) is 131 Å². The molecule has 0 fully saturated rings. The van der Waals surface area contributed by atoms with Crippen LogP contribution in [-0.4, -0.2) is 29.6 Å². The van der Waals surface area contributed by atoms with Crippen molar-refractivity contribution in [2.75, 3.05) is 0 Å². The molecule has 9 heteroatoms. The minimum absolute atomic E-state index is 0.312. The fourth-order valence-corrected chi connectivity index (χ4v) is 9.54. The molecule has 0 amide bonds. The van der Waals surface area contributed by atoms with E-state index in [-0.39, 0.29) is 0 Å². The van der Waals surface area contributed by atoms with E-state index in [0.717, 1.165) is 0 Å². The summed E-state index contributed by atoms with van der Waals surface area (Å²) in [5, 5.41) is 0. The molecule has 4 aromatic rings. The van der Waals surface area contributed by atoms with E-state index < -0.39 is 31.0 Å². The van der Waals surface area contributed by atoms with Gasteiger partial charge in [-0.15, -0.1) is 0 Å². The molecule has 0 aliphatic rings. The summed E-state index contributed by atoms with van der Waals surface area (Å²) in [4.78, 5) is 2.68. The van der Waals surface area contributed by atoms with Crippen molar-refractivity contribution in [3.63, 3.8) is 0 Å². The third kappa shape index (κ3) is 7.96. The monoisotopic (exact) mass is 564 g/mol. The van der Waals surface area contributed by atoms with E-state index >= 15 is 0 Å².